The average molecular weight is 413 g/mol. The van der Waals surface area contributed by atoms with Crippen molar-refractivity contribution in [3.63, 3.8) is 0 Å². The van der Waals surface area contributed by atoms with Gasteiger partial charge in [0.05, 0.1) is 17.7 Å². The zero-order valence-corrected chi connectivity index (χ0v) is 17.0. The molecule has 1 aromatic carbocycles. The number of hydrogen-bond acceptors (Lipinski definition) is 7. The molecule has 1 aromatic heterocycles. The topological polar surface area (TPSA) is 97.8 Å². The van der Waals surface area contributed by atoms with E-state index in [1.807, 2.05) is 37.3 Å². The summed E-state index contributed by atoms with van der Waals surface area (Å²) in [4.78, 5) is 4.36. The van der Waals surface area contributed by atoms with Gasteiger partial charge >= 0.3 is 0 Å². The summed E-state index contributed by atoms with van der Waals surface area (Å²) in [6.07, 6.45) is 1.81. The fourth-order valence-electron chi connectivity index (χ4n) is 2.47. The molecule has 0 amide bonds. The molecule has 0 aliphatic heterocycles. The molecule has 0 spiro atoms. The molecule has 148 valence electrons. The highest BCUT2D eigenvalue weighted by atomic mass is 32.2. The number of benzene rings is 1. The fraction of sp³-hybridized carbons (Fsp3) is 0.412. The molecular weight excluding hydrogens is 388 g/mol. The van der Waals surface area contributed by atoms with E-state index in [1.54, 1.807) is 17.7 Å². The maximum atomic E-state index is 11.7. The van der Waals surface area contributed by atoms with Gasteiger partial charge in [-0.05, 0) is 37.7 Å². The third-order valence-corrected chi connectivity index (χ3v) is 5.35. The molecule has 10 heteroatoms. The Bertz CT molecular complexity index is 934. The van der Waals surface area contributed by atoms with Crippen LogP contribution in [0.3, 0.4) is 0 Å². The highest BCUT2D eigenvalue weighted by Gasteiger charge is 2.16. The van der Waals surface area contributed by atoms with Gasteiger partial charge in [0.25, 0.3) is 10.1 Å². The molecule has 0 aliphatic carbocycles. The lowest BCUT2D eigenvalue weighted by Crippen LogP contribution is -2.22. The highest BCUT2D eigenvalue weighted by molar-refractivity contribution is 7.86. The minimum Gasteiger partial charge on any atom is -0.493 e. The van der Waals surface area contributed by atoms with Gasteiger partial charge in [0.1, 0.15) is 5.69 Å². The molecule has 0 bridgehead atoms. The number of para-hydroxylation sites is 1. The summed E-state index contributed by atoms with van der Waals surface area (Å²) in [6.45, 7) is 4.83. The predicted octanol–water partition coefficient (Wildman–Crippen LogP) is 2.76. The van der Waals surface area contributed by atoms with Crippen LogP contribution in [0.5, 0.6) is 5.88 Å². The second kappa shape index (κ2) is 9.79. The number of aromatic hydroxyl groups is 1. The summed E-state index contributed by atoms with van der Waals surface area (Å²) < 4.78 is 31.7. The van der Waals surface area contributed by atoms with Crippen LogP contribution in [-0.4, -0.2) is 41.2 Å². The summed E-state index contributed by atoms with van der Waals surface area (Å²) in [5, 5.41) is 10.6. The smallest absolute Gasteiger partial charge is 0.283 e. The van der Waals surface area contributed by atoms with Gasteiger partial charge in [-0.2, -0.15) is 18.2 Å². The summed E-state index contributed by atoms with van der Waals surface area (Å²) in [5.74, 6) is -0.224. The van der Waals surface area contributed by atoms with Crippen molar-refractivity contribution in [2.75, 3.05) is 12.3 Å². The van der Waals surface area contributed by atoms with E-state index in [9.17, 15) is 13.5 Å². The first kappa shape index (κ1) is 21.3. The quantitative estimate of drug-likeness (QED) is 0.354. The first-order valence-corrected chi connectivity index (χ1v) is 10.6. The van der Waals surface area contributed by atoms with Gasteiger partial charge in [-0.3, -0.25) is 9.56 Å². The fourth-order valence-corrected chi connectivity index (χ4v) is 3.74. The summed E-state index contributed by atoms with van der Waals surface area (Å²) >= 11 is 5.42. The van der Waals surface area contributed by atoms with Crippen LogP contribution in [0.1, 0.15) is 26.0 Å². The summed E-state index contributed by atoms with van der Waals surface area (Å²) in [7, 11) is -3.67. The van der Waals surface area contributed by atoms with E-state index in [4.69, 9.17) is 12.2 Å². The van der Waals surface area contributed by atoms with Crippen LogP contribution < -0.4 is 5.48 Å². The highest BCUT2D eigenvalue weighted by Crippen LogP contribution is 2.21. The third-order valence-electron chi connectivity index (χ3n) is 3.75. The van der Waals surface area contributed by atoms with E-state index in [1.165, 1.54) is 4.57 Å². The molecule has 0 radical (unpaired) electrons. The monoisotopic (exact) mass is 412 g/mol. The molecule has 8 nitrogen and oxygen atoms in total. The number of nitrogens with one attached hydrogen (secondary N) is 1. The van der Waals surface area contributed by atoms with Crippen LogP contribution in [0.2, 0.25) is 0 Å². The van der Waals surface area contributed by atoms with Gasteiger partial charge in [0.2, 0.25) is 5.88 Å². The molecule has 0 atom stereocenters. The second-order valence-electron chi connectivity index (χ2n) is 5.68. The molecule has 0 unspecified atom stereocenters. The van der Waals surface area contributed by atoms with Gasteiger partial charge in [0, 0.05) is 19.6 Å². The average Bonchev–Trinajstić information content (AvgIpc) is 2.89. The first-order chi connectivity index (χ1) is 12.9. The predicted molar refractivity (Wildman–Crippen MR) is 107 cm³/mol. The van der Waals surface area contributed by atoms with Crippen molar-refractivity contribution in [2.24, 2.45) is 4.99 Å². The largest absolute Gasteiger partial charge is 0.493 e. The van der Waals surface area contributed by atoms with Crippen LogP contribution in [0, 0.1) is 4.77 Å². The number of imidazole rings is 1. The number of rotatable bonds is 10. The van der Waals surface area contributed by atoms with Crippen molar-refractivity contribution >= 4 is 34.2 Å². The Hall–Kier alpha value is -2.01. The van der Waals surface area contributed by atoms with Crippen LogP contribution in [0.4, 0.5) is 5.69 Å². The lowest BCUT2D eigenvalue weighted by atomic mass is 10.3. The standard InChI is InChI=1S/C17H24N4O4S2/c1-3-19-25-27(23,24)12-8-11-21-16(22)15(20(4-2)17(21)26)13-18-14-9-6-5-7-10-14/h5-7,9-10,13,19,22H,3-4,8,11-12H2,1-2H3. The van der Waals surface area contributed by atoms with E-state index >= 15 is 0 Å². The Balaban J connectivity index is 2.17. The molecule has 2 aromatic rings. The number of aromatic nitrogens is 2. The minimum atomic E-state index is -3.67. The lowest BCUT2D eigenvalue weighted by Gasteiger charge is -2.06. The van der Waals surface area contributed by atoms with E-state index in [0.29, 0.717) is 23.6 Å². The number of hydroxylamine groups is 1. The van der Waals surface area contributed by atoms with E-state index in [0.717, 1.165) is 5.69 Å². The molecule has 0 saturated carbocycles. The van der Waals surface area contributed by atoms with Crippen molar-refractivity contribution in [2.45, 2.75) is 33.4 Å². The third kappa shape index (κ3) is 5.73. The normalized spacial score (nSPS) is 12.1. The summed E-state index contributed by atoms with van der Waals surface area (Å²) in [6, 6.07) is 9.35. The SMILES string of the molecule is CCNOS(=O)(=O)CCCn1c(O)c(C=Nc2ccccc2)n(CC)c1=S. The van der Waals surface area contributed by atoms with Gasteiger partial charge in [0.15, 0.2) is 4.77 Å². The summed E-state index contributed by atoms with van der Waals surface area (Å²) in [5.41, 5.74) is 3.57. The van der Waals surface area contributed by atoms with Crippen molar-refractivity contribution in [1.29, 1.82) is 0 Å². The van der Waals surface area contributed by atoms with Gasteiger partial charge in [-0.1, -0.05) is 25.1 Å². The maximum absolute atomic E-state index is 11.7. The van der Waals surface area contributed by atoms with E-state index in [2.05, 4.69) is 14.8 Å². The minimum absolute atomic E-state index is 0.0356. The molecule has 1 heterocycles. The Morgan fingerprint density at radius 3 is 2.59 bits per heavy atom. The van der Waals surface area contributed by atoms with Crippen molar-refractivity contribution < 1.29 is 17.8 Å². The molecule has 0 aliphatic rings. The molecule has 2 N–H and O–H groups in total. The Kier molecular flexibility index (Phi) is 7.72. The Morgan fingerprint density at radius 2 is 1.96 bits per heavy atom. The van der Waals surface area contributed by atoms with Crippen LogP contribution in [-0.2, 0) is 27.5 Å². The maximum Gasteiger partial charge on any atom is 0.283 e. The van der Waals surface area contributed by atoms with E-state index < -0.39 is 10.1 Å². The van der Waals surface area contributed by atoms with Crippen molar-refractivity contribution in [3.05, 3.63) is 40.8 Å². The van der Waals surface area contributed by atoms with E-state index in [-0.39, 0.29) is 24.6 Å². The number of nitrogens with zero attached hydrogens (tertiary/aromatic N) is 3. The zero-order chi connectivity index (χ0) is 19.9. The van der Waals surface area contributed by atoms with Crippen LogP contribution in [0.25, 0.3) is 0 Å². The molecule has 0 saturated heterocycles. The Labute approximate surface area is 164 Å². The van der Waals surface area contributed by atoms with Gasteiger partial charge < -0.3 is 9.67 Å². The molecule has 27 heavy (non-hydrogen) atoms. The van der Waals surface area contributed by atoms with Gasteiger partial charge in [-0.25, -0.2) is 0 Å². The molecular formula is C17H24N4O4S2. The lowest BCUT2D eigenvalue weighted by molar-refractivity contribution is 0.210. The zero-order valence-electron chi connectivity index (χ0n) is 15.3. The van der Waals surface area contributed by atoms with Crippen molar-refractivity contribution in [3.8, 4) is 5.88 Å². The molecule has 2 rings (SSSR count). The van der Waals surface area contributed by atoms with Crippen LogP contribution >= 0.6 is 12.2 Å². The second-order valence-corrected chi connectivity index (χ2v) is 7.73. The van der Waals surface area contributed by atoms with Gasteiger partial charge in [-0.15, -0.1) is 0 Å². The van der Waals surface area contributed by atoms with Crippen molar-refractivity contribution in [1.82, 2.24) is 14.6 Å². The number of aliphatic imine (C=N–C) groups is 1. The Morgan fingerprint density at radius 1 is 1.26 bits per heavy atom. The molecule has 0 fully saturated rings. The number of hydrogen-bond donors (Lipinski definition) is 2. The van der Waals surface area contributed by atoms with Crippen LogP contribution in [0.15, 0.2) is 35.3 Å². The first-order valence-electron chi connectivity index (χ1n) is 8.65.